The molecular formula is C16H21N4O4S+. The van der Waals surface area contributed by atoms with E-state index in [1.165, 1.54) is 16.7 Å². The van der Waals surface area contributed by atoms with Crippen LogP contribution in [0.1, 0.15) is 31.3 Å². The molecule has 5 atom stereocenters. The fourth-order valence-electron chi connectivity index (χ4n) is 4.34. The highest BCUT2D eigenvalue weighted by molar-refractivity contribution is 8.03. The smallest absolute Gasteiger partial charge is 0.353 e. The predicted octanol–water partition coefficient (Wildman–Crippen LogP) is 0.0393. The average molecular weight is 365 g/mol. The molecule has 1 saturated heterocycles. The first-order valence-corrected chi connectivity index (χ1v) is 9.27. The van der Waals surface area contributed by atoms with Gasteiger partial charge in [-0.3, -0.25) is 4.79 Å². The molecule has 3 aliphatic heterocycles. The first-order valence-electron chi connectivity index (χ1n) is 8.39. The first kappa shape index (κ1) is 16.6. The summed E-state index contributed by atoms with van der Waals surface area (Å²) in [5.74, 6) is -0.933. The molecule has 1 aromatic rings. The molecule has 4 heterocycles. The number of aliphatic hydroxyl groups is 1. The third-order valence-electron chi connectivity index (χ3n) is 5.49. The van der Waals surface area contributed by atoms with Gasteiger partial charge in [0.25, 0.3) is 6.33 Å². The van der Waals surface area contributed by atoms with Crippen LogP contribution >= 0.6 is 11.8 Å². The van der Waals surface area contributed by atoms with E-state index in [0.717, 1.165) is 23.7 Å². The Morgan fingerprint density at radius 2 is 2.24 bits per heavy atom. The molecule has 1 amide bonds. The molecule has 25 heavy (non-hydrogen) atoms. The number of carboxylic acid groups (broad SMARTS) is 1. The Labute approximate surface area is 149 Å². The molecule has 3 aliphatic rings. The molecule has 4 rings (SSSR count). The zero-order valence-corrected chi connectivity index (χ0v) is 15.1. The number of thioether (sulfide) groups is 1. The lowest BCUT2D eigenvalue weighted by molar-refractivity contribution is -0.691. The summed E-state index contributed by atoms with van der Waals surface area (Å²) in [6, 6.07) is -0.263. The Kier molecular flexibility index (Phi) is 3.69. The molecular weight excluding hydrogens is 344 g/mol. The van der Waals surface area contributed by atoms with E-state index in [2.05, 4.69) is 9.67 Å². The van der Waals surface area contributed by atoms with Crippen LogP contribution in [0.2, 0.25) is 0 Å². The molecule has 0 aliphatic carbocycles. The van der Waals surface area contributed by atoms with E-state index in [0.29, 0.717) is 0 Å². The van der Waals surface area contributed by atoms with Crippen LogP contribution in [0, 0.1) is 11.8 Å². The number of nitrogens with zero attached hydrogens (tertiary/aromatic N) is 4. The SMILES string of the molecule is C[C@@H](O)[C@H]1C(=O)N2C(C(=O)O)=C(S[C@H]3CC[n+]4cnn(C)c43)[C@H](C)[C@H]12. The summed E-state index contributed by atoms with van der Waals surface area (Å²) in [6.45, 7) is 4.39. The van der Waals surface area contributed by atoms with Crippen molar-refractivity contribution in [2.45, 2.75) is 44.2 Å². The van der Waals surface area contributed by atoms with Crippen molar-refractivity contribution >= 4 is 23.6 Å². The Morgan fingerprint density at radius 3 is 2.88 bits per heavy atom. The van der Waals surface area contributed by atoms with Gasteiger partial charge < -0.3 is 15.1 Å². The average Bonchev–Trinajstić information content (AvgIpc) is 3.16. The van der Waals surface area contributed by atoms with Crippen LogP contribution in [-0.4, -0.2) is 48.9 Å². The molecule has 134 valence electrons. The van der Waals surface area contributed by atoms with Gasteiger partial charge in [-0.25, -0.2) is 9.36 Å². The number of carbonyl (C=O) groups excluding carboxylic acids is 1. The summed E-state index contributed by atoms with van der Waals surface area (Å²) in [5.41, 5.74) is 0.0880. The monoisotopic (exact) mass is 365 g/mol. The van der Waals surface area contributed by atoms with Crippen molar-refractivity contribution in [2.24, 2.45) is 18.9 Å². The van der Waals surface area contributed by atoms with Crippen LogP contribution in [0.3, 0.4) is 0 Å². The van der Waals surface area contributed by atoms with E-state index in [-0.39, 0.29) is 28.8 Å². The van der Waals surface area contributed by atoms with Crippen LogP contribution in [-0.2, 0) is 23.2 Å². The molecule has 9 heteroatoms. The summed E-state index contributed by atoms with van der Waals surface area (Å²) in [4.78, 5) is 26.3. The van der Waals surface area contributed by atoms with E-state index >= 15 is 0 Å². The van der Waals surface area contributed by atoms with E-state index in [1.807, 2.05) is 18.7 Å². The maximum absolute atomic E-state index is 12.4. The number of aliphatic carboxylic acids is 1. The second kappa shape index (κ2) is 5.57. The van der Waals surface area contributed by atoms with Crippen molar-refractivity contribution in [3.8, 4) is 0 Å². The minimum Gasteiger partial charge on any atom is -0.477 e. The molecule has 1 aromatic heterocycles. The number of carboxylic acids is 1. The molecule has 0 radical (unpaired) electrons. The van der Waals surface area contributed by atoms with Gasteiger partial charge in [-0.15, -0.1) is 16.4 Å². The van der Waals surface area contributed by atoms with Gasteiger partial charge in [0.1, 0.15) is 10.9 Å². The number of aryl methyl sites for hydroxylation is 2. The van der Waals surface area contributed by atoms with Crippen LogP contribution in [0.5, 0.6) is 0 Å². The largest absolute Gasteiger partial charge is 0.477 e. The minimum atomic E-state index is -1.08. The van der Waals surface area contributed by atoms with E-state index in [9.17, 15) is 19.8 Å². The van der Waals surface area contributed by atoms with Gasteiger partial charge in [0.05, 0.1) is 31.7 Å². The number of aliphatic hydroxyl groups excluding tert-OH is 1. The van der Waals surface area contributed by atoms with Gasteiger partial charge in [-0.05, 0) is 6.92 Å². The van der Waals surface area contributed by atoms with Crippen LogP contribution in [0.25, 0.3) is 0 Å². The third-order valence-corrected chi connectivity index (χ3v) is 7.04. The minimum absolute atomic E-state index is 0.0880. The molecule has 0 spiro atoms. The van der Waals surface area contributed by atoms with Crippen molar-refractivity contribution < 1.29 is 24.4 Å². The number of amides is 1. The molecule has 0 bridgehead atoms. The number of aromatic nitrogens is 3. The highest BCUT2D eigenvalue weighted by atomic mass is 32.2. The van der Waals surface area contributed by atoms with Gasteiger partial charge in [0.15, 0.2) is 0 Å². The molecule has 2 N–H and O–H groups in total. The molecule has 8 nitrogen and oxygen atoms in total. The number of β-lactam (4-membered cyclic amide) rings is 1. The summed E-state index contributed by atoms with van der Waals surface area (Å²) in [5, 5.41) is 24.0. The second-order valence-corrected chi connectivity index (χ2v) is 8.22. The standard InChI is InChI=1S/C16H20N4O4S/c1-7-11-10(8(2)21)15(22)20(11)12(16(23)24)13(7)25-9-4-5-19-6-17-18(3)14(9)19/h6-11,21H,4-5H2,1-3H3/p+1/t7-,8-,9+,10-,11-/m1/s1. The summed E-state index contributed by atoms with van der Waals surface area (Å²) in [7, 11) is 1.88. The van der Waals surface area contributed by atoms with Crippen LogP contribution in [0.4, 0.5) is 0 Å². The summed E-state index contributed by atoms with van der Waals surface area (Å²) < 4.78 is 3.90. The molecule has 0 saturated carbocycles. The first-order chi connectivity index (χ1) is 11.8. The summed E-state index contributed by atoms with van der Waals surface area (Å²) >= 11 is 1.53. The van der Waals surface area contributed by atoms with Gasteiger partial charge >= 0.3 is 5.97 Å². The number of fused-ring (bicyclic) bond motifs is 2. The fraction of sp³-hybridized carbons (Fsp3) is 0.625. The van der Waals surface area contributed by atoms with Crippen molar-refractivity contribution in [2.75, 3.05) is 0 Å². The number of hydrogen-bond donors (Lipinski definition) is 2. The predicted molar refractivity (Wildman–Crippen MR) is 88.0 cm³/mol. The Bertz CT molecular complexity index is 802. The molecule has 0 unspecified atom stereocenters. The van der Waals surface area contributed by atoms with E-state index in [4.69, 9.17) is 0 Å². The van der Waals surface area contributed by atoms with E-state index < -0.39 is 18.0 Å². The third kappa shape index (κ3) is 2.18. The van der Waals surface area contributed by atoms with Crippen LogP contribution < -0.4 is 4.57 Å². The summed E-state index contributed by atoms with van der Waals surface area (Å²) in [6.07, 6.45) is 1.92. The van der Waals surface area contributed by atoms with Crippen molar-refractivity contribution in [1.82, 2.24) is 14.7 Å². The Morgan fingerprint density at radius 1 is 1.52 bits per heavy atom. The van der Waals surface area contributed by atoms with Crippen molar-refractivity contribution in [3.05, 3.63) is 22.8 Å². The lowest BCUT2D eigenvalue weighted by Gasteiger charge is -2.46. The second-order valence-electron chi connectivity index (χ2n) is 6.97. The lowest BCUT2D eigenvalue weighted by atomic mass is 9.79. The van der Waals surface area contributed by atoms with Gasteiger partial charge in [0.2, 0.25) is 11.7 Å². The lowest BCUT2D eigenvalue weighted by Crippen LogP contribution is -2.63. The number of rotatable bonds is 4. The Hall–Kier alpha value is -1.87. The maximum atomic E-state index is 12.4. The van der Waals surface area contributed by atoms with Crippen molar-refractivity contribution in [3.63, 3.8) is 0 Å². The number of hydrogen-bond acceptors (Lipinski definition) is 5. The topological polar surface area (TPSA) is 99.5 Å². The van der Waals surface area contributed by atoms with Crippen LogP contribution in [0.15, 0.2) is 16.9 Å². The van der Waals surface area contributed by atoms with Gasteiger partial charge in [0, 0.05) is 22.3 Å². The van der Waals surface area contributed by atoms with Crippen molar-refractivity contribution in [1.29, 1.82) is 0 Å². The highest BCUT2D eigenvalue weighted by Crippen LogP contribution is 2.53. The van der Waals surface area contributed by atoms with E-state index in [1.54, 1.807) is 13.3 Å². The van der Waals surface area contributed by atoms with Gasteiger partial charge in [-0.1, -0.05) is 6.92 Å². The van der Waals surface area contributed by atoms with Gasteiger partial charge in [-0.2, -0.15) is 0 Å². The highest BCUT2D eigenvalue weighted by Gasteiger charge is 2.60. The number of carbonyl (C=O) groups is 2. The molecule has 0 aromatic carbocycles. The Balaban J connectivity index is 1.68. The fourth-order valence-corrected chi connectivity index (χ4v) is 5.91. The molecule has 1 fully saturated rings. The normalized spacial score (nSPS) is 31.8. The zero-order chi connectivity index (χ0) is 18.0. The quantitative estimate of drug-likeness (QED) is 0.577. The maximum Gasteiger partial charge on any atom is 0.353 e. The zero-order valence-electron chi connectivity index (χ0n) is 14.3.